The van der Waals surface area contributed by atoms with Gasteiger partial charge in [0.1, 0.15) is 11.6 Å². The summed E-state index contributed by atoms with van der Waals surface area (Å²) < 4.78 is 26.0. The Labute approximate surface area is 100 Å². The predicted octanol–water partition coefficient (Wildman–Crippen LogP) is 2.76. The molecule has 0 aromatic heterocycles. The van der Waals surface area contributed by atoms with E-state index >= 15 is 0 Å². The van der Waals surface area contributed by atoms with Crippen molar-refractivity contribution >= 4 is 0 Å². The molecule has 0 fully saturated rings. The number of halogens is 2. The van der Waals surface area contributed by atoms with Crippen molar-refractivity contribution in [2.24, 2.45) is 11.7 Å². The van der Waals surface area contributed by atoms with Crippen molar-refractivity contribution in [1.82, 2.24) is 0 Å². The van der Waals surface area contributed by atoms with Crippen LogP contribution in [0.25, 0.3) is 0 Å². The number of aliphatic hydroxyl groups is 1. The third-order valence-electron chi connectivity index (χ3n) is 2.72. The maximum Gasteiger partial charge on any atom is 0.126 e. The smallest absolute Gasteiger partial charge is 0.126 e. The van der Waals surface area contributed by atoms with Crippen molar-refractivity contribution in [2.45, 2.75) is 38.8 Å². The number of rotatable bonds is 5. The van der Waals surface area contributed by atoms with Gasteiger partial charge in [0.25, 0.3) is 0 Å². The maximum atomic E-state index is 13.0. The van der Waals surface area contributed by atoms with Crippen molar-refractivity contribution < 1.29 is 13.9 Å². The molecule has 0 aliphatic rings. The SMILES string of the molecule is CC(C)CC[C@@H](O)[C@@H](N)c1cc(F)cc(F)c1. The highest BCUT2D eigenvalue weighted by molar-refractivity contribution is 5.22. The number of nitrogens with two attached hydrogens (primary N) is 1. The van der Waals surface area contributed by atoms with Gasteiger partial charge < -0.3 is 10.8 Å². The van der Waals surface area contributed by atoms with Crippen molar-refractivity contribution in [2.75, 3.05) is 0 Å². The van der Waals surface area contributed by atoms with Crippen LogP contribution in [0, 0.1) is 17.6 Å². The summed E-state index contributed by atoms with van der Waals surface area (Å²) in [5, 5.41) is 9.83. The van der Waals surface area contributed by atoms with E-state index in [1.807, 2.05) is 13.8 Å². The zero-order valence-corrected chi connectivity index (χ0v) is 10.2. The highest BCUT2D eigenvalue weighted by Gasteiger charge is 2.18. The number of hydrogen-bond acceptors (Lipinski definition) is 2. The fourth-order valence-corrected chi connectivity index (χ4v) is 1.67. The zero-order valence-electron chi connectivity index (χ0n) is 10.2. The molecule has 2 nitrogen and oxygen atoms in total. The summed E-state index contributed by atoms with van der Waals surface area (Å²) in [6, 6.07) is 2.36. The van der Waals surface area contributed by atoms with E-state index in [0.29, 0.717) is 17.9 Å². The summed E-state index contributed by atoms with van der Waals surface area (Å²) in [6.07, 6.45) is 0.572. The summed E-state index contributed by atoms with van der Waals surface area (Å²) in [5.74, 6) is -0.890. The van der Waals surface area contributed by atoms with Crippen LogP contribution in [0.4, 0.5) is 8.78 Å². The average molecular weight is 243 g/mol. The molecule has 0 heterocycles. The van der Waals surface area contributed by atoms with Crippen LogP contribution >= 0.6 is 0 Å². The second-order valence-electron chi connectivity index (χ2n) is 4.77. The fourth-order valence-electron chi connectivity index (χ4n) is 1.67. The molecule has 2 atom stereocenters. The first-order chi connectivity index (χ1) is 7.90. The van der Waals surface area contributed by atoms with Gasteiger partial charge in [-0.25, -0.2) is 8.78 Å². The molecular weight excluding hydrogens is 224 g/mol. The Balaban J connectivity index is 2.70. The number of hydrogen-bond donors (Lipinski definition) is 2. The highest BCUT2D eigenvalue weighted by Crippen LogP contribution is 2.21. The molecule has 0 saturated carbocycles. The highest BCUT2D eigenvalue weighted by atomic mass is 19.1. The molecule has 0 radical (unpaired) electrons. The molecule has 0 aliphatic heterocycles. The first-order valence-electron chi connectivity index (χ1n) is 5.79. The average Bonchev–Trinajstić information content (AvgIpc) is 2.23. The second-order valence-corrected chi connectivity index (χ2v) is 4.77. The van der Waals surface area contributed by atoms with Gasteiger partial charge in [-0.1, -0.05) is 13.8 Å². The molecule has 0 bridgehead atoms. The van der Waals surface area contributed by atoms with E-state index in [2.05, 4.69) is 0 Å². The summed E-state index contributed by atoms with van der Waals surface area (Å²) in [5.41, 5.74) is 6.07. The Morgan fingerprint density at radius 1 is 1.12 bits per heavy atom. The van der Waals surface area contributed by atoms with Crippen LogP contribution in [0.3, 0.4) is 0 Å². The first kappa shape index (κ1) is 14.1. The van der Waals surface area contributed by atoms with Crippen molar-refractivity contribution in [3.63, 3.8) is 0 Å². The Hall–Kier alpha value is -1.00. The van der Waals surface area contributed by atoms with Crippen molar-refractivity contribution in [3.05, 3.63) is 35.4 Å². The molecule has 0 amide bonds. The van der Waals surface area contributed by atoms with Gasteiger partial charge in [-0.05, 0) is 36.5 Å². The zero-order chi connectivity index (χ0) is 13.0. The number of benzene rings is 1. The molecule has 0 saturated heterocycles. The van der Waals surface area contributed by atoms with E-state index in [9.17, 15) is 13.9 Å². The van der Waals surface area contributed by atoms with Crippen molar-refractivity contribution in [3.8, 4) is 0 Å². The largest absolute Gasteiger partial charge is 0.391 e. The molecule has 0 unspecified atom stereocenters. The molecule has 1 aromatic carbocycles. The Morgan fingerprint density at radius 3 is 2.12 bits per heavy atom. The van der Waals surface area contributed by atoms with E-state index in [1.165, 1.54) is 0 Å². The van der Waals surface area contributed by atoms with E-state index in [0.717, 1.165) is 24.6 Å². The third kappa shape index (κ3) is 4.40. The summed E-state index contributed by atoms with van der Waals surface area (Å²) in [7, 11) is 0. The Morgan fingerprint density at radius 2 is 1.65 bits per heavy atom. The normalized spacial score (nSPS) is 15.0. The summed E-state index contributed by atoms with van der Waals surface area (Å²) in [4.78, 5) is 0. The van der Waals surface area contributed by atoms with Crippen LogP contribution in [0.15, 0.2) is 18.2 Å². The first-order valence-corrected chi connectivity index (χ1v) is 5.79. The lowest BCUT2D eigenvalue weighted by molar-refractivity contribution is 0.128. The molecule has 1 aromatic rings. The minimum atomic E-state index is -0.779. The molecular formula is C13H19F2NO. The monoisotopic (exact) mass is 243 g/mol. The van der Waals surface area contributed by atoms with Gasteiger partial charge in [-0.15, -0.1) is 0 Å². The Kier molecular flexibility index (Phi) is 5.02. The van der Waals surface area contributed by atoms with Gasteiger partial charge in [0.2, 0.25) is 0 Å². The summed E-state index contributed by atoms with van der Waals surface area (Å²) >= 11 is 0. The van der Waals surface area contributed by atoms with Crippen LogP contribution in [-0.4, -0.2) is 11.2 Å². The van der Waals surface area contributed by atoms with E-state index in [1.54, 1.807) is 0 Å². The molecule has 17 heavy (non-hydrogen) atoms. The van der Waals surface area contributed by atoms with E-state index in [-0.39, 0.29) is 0 Å². The lowest BCUT2D eigenvalue weighted by atomic mass is 9.96. The van der Waals surface area contributed by atoms with Crippen molar-refractivity contribution in [1.29, 1.82) is 0 Å². The fraction of sp³-hybridized carbons (Fsp3) is 0.538. The lowest BCUT2D eigenvalue weighted by Crippen LogP contribution is -2.26. The third-order valence-corrected chi connectivity index (χ3v) is 2.72. The van der Waals surface area contributed by atoms with Gasteiger partial charge in [-0.3, -0.25) is 0 Å². The van der Waals surface area contributed by atoms with Crippen LogP contribution in [-0.2, 0) is 0 Å². The standard InChI is InChI=1S/C13H19F2NO/c1-8(2)3-4-12(17)13(16)9-5-10(14)7-11(15)6-9/h5-8,12-13,17H,3-4,16H2,1-2H3/t12-,13+/m1/s1. The lowest BCUT2D eigenvalue weighted by Gasteiger charge is -2.20. The topological polar surface area (TPSA) is 46.2 Å². The van der Waals surface area contributed by atoms with E-state index < -0.39 is 23.8 Å². The minimum absolute atomic E-state index is 0.291. The number of aliphatic hydroxyl groups excluding tert-OH is 1. The molecule has 3 N–H and O–H groups in total. The quantitative estimate of drug-likeness (QED) is 0.835. The minimum Gasteiger partial charge on any atom is -0.391 e. The van der Waals surface area contributed by atoms with Crippen LogP contribution in [0.5, 0.6) is 0 Å². The maximum absolute atomic E-state index is 13.0. The molecule has 0 aliphatic carbocycles. The molecule has 0 spiro atoms. The summed E-state index contributed by atoms with van der Waals surface area (Å²) in [6.45, 7) is 4.08. The van der Waals surface area contributed by atoms with Gasteiger partial charge in [0.05, 0.1) is 12.1 Å². The van der Waals surface area contributed by atoms with Gasteiger partial charge in [0.15, 0.2) is 0 Å². The van der Waals surface area contributed by atoms with E-state index in [4.69, 9.17) is 5.73 Å². The van der Waals surface area contributed by atoms with Crippen LogP contribution in [0.2, 0.25) is 0 Å². The van der Waals surface area contributed by atoms with Gasteiger partial charge in [0, 0.05) is 6.07 Å². The molecule has 1 rings (SSSR count). The van der Waals surface area contributed by atoms with Gasteiger partial charge >= 0.3 is 0 Å². The van der Waals surface area contributed by atoms with Crippen LogP contribution < -0.4 is 5.73 Å². The second kappa shape index (κ2) is 6.07. The molecule has 4 heteroatoms. The predicted molar refractivity (Wildman–Crippen MR) is 63.4 cm³/mol. The van der Waals surface area contributed by atoms with Crippen LogP contribution in [0.1, 0.15) is 38.3 Å². The molecule has 96 valence electrons. The van der Waals surface area contributed by atoms with Gasteiger partial charge in [-0.2, -0.15) is 0 Å². The Bertz CT molecular complexity index is 348.